The first-order chi connectivity index (χ1) is 9.74. The highest BCUT2D eigenvalue weighted by Gasteiger charge is 2.24. The molecule has 112 valence electrons. The summed E-state index contributed by atoms with van der Waals surface area (Å²) in [6.07, 6.45) is 4.94. The third kappa shape index (κ3) is 3.99. The second kappa shape index (κ2) is 7.68. The maximum atomic E-state index is 5.78. The average molecular weight is 275 g/mol. The van der Waals surface area contributed by atoms with E-state index in [1.165, 1.54) is 24.8 Å². The van der Waals surface area contributed by atoms with Crippen LogP contribution in [0.2, 0.25) is 0 Å². The van der Waals surface area contributed by atoms with Crippen LogP contribution in [-0.4, -0.2) is 19.2 Å². The highest BCUT2D eigenvalue weighted by Crippen LogP contribution is 2.36. The molecule has 0 saturated heterocycles. The van der Waals surface area contributed by atoms with Crippen LogP contribution in [0.25, 0.3) is 0 Å². The minimum atomic E-state index is 0.631. The van der Waals surface area contributed by atoms with Gasteiger partial charge in [0.25, 0.3) is 0 Å². The minimum Gasteiger partial charge on any atom is -0.493 e. The SMILES string of the molecule is CCNC(CC(C)CC)CC1CCOc2ccccc21. The number of nitrogens with one attached hydrogen (secondary N) is 1. The van der Waals surface area contributed by atoms with E-state index in [0.29, 0.717) is 12.0 Å². The van der Waals surface area contributed by atoms with Gasteiger partial charge in [-0.2, -0.15) is 0 Å². The van der Waals surface area contributed by atoms with E-state index in [-0.39, 0.29) is 0 Å². The van der Waals surface area contributed by atoms with Crippen molar-refractivity contribution in [2.24, 2.45) is 5.92 Å². The maximum absolute atomic E-state index is 5.78. The second-order valence-corrected chi connectivity index (χ2v) is 6.11. The van der Waals surface area contributed by atoms with Crippen molar-refractivity contribution in [1.82, 2.24) is 5.32 Å². The number of para-hydroxylation sites is 1. The van der Waals surface area contributed by atoms with Gasteiger partial charge in [0.1, 0.15) is 5.75 Å². The fourth-order valence-electron chi connectivity index (χ4n) is 3.21. The molecule has 0 radical (unpaired) electrons. The summed E-state index contributed by atoms with van der Waals surface area (Å²) in [5.74, 6) is 2.55. The van der Waals surface area contributed by atoms with E-state index in [2.05, 4.69) is 50.4 Å². The van der Waals surface area contributed by atoms with Crippen molar-refractivity contribution in [2.75, 3.05) is 13.2 Å². The van der Waals surface area contributed by atoms with Crippen LogP contribution in [0.4, 0.5) is 0 Å². The quantitative estimate of drug-likeness (QED) is 0.798. The van der Waals surface area contributed by atoms with Crippen LogP contribution in [0.5, 0.6) is 5.75 Å². The van der Waals surface area contributed by atoms with Crippen LogP contribution < -0.4 is 10.1 Å². The van der Waals surface area contributed by atoms with Crippen molar-refractivity contribution in [2.45, 2.75) is 58.4 Å². The van der Waals surface area contributed by atoms with Crippen molar-refractivity contribution in [3.63, 3.8) is 0 Å². The molecular weight excluding hydrogens is 246 g/mol. The van der Waals surface area contributed by atoms with Gasteiger partial charge in [0.05, 0.1) is 6.61 Å². The highest BCUT2D eigenvalue weighted by molar-refractivity contribution is 5.37. The Morgan fingerprint density at radius 2 is 2.10 bits per heavy atom. The monoisotopic (exact) mass is 275 g/mol. The Hall–Kier alpha value is -1.02. The van der Waals surface area contributed by atoms with Crippen LogP contribution in [0.3, 0.4) is 0 Å². The largest absolute Gasteiger partial charge is 0.493 e. The molecule has 1 aromatic carbocycles. The van der Waals surface area contributed by atoms with Crippen molar-refractivity contribution in [1.29, 1.82) is 0 Å². The van der Waals surface area contributed by atoms with Crippen LogP contribution in [0.1, 0.15) is 57.9 Å². The van der Waals surface area contributed by atoms with Gasteiger partial charge in [-0.15, -0.1) is 0 Å². The molecule has 2 heteroatoms. The molecule has 3 atom stereocenters. The van der Waals surface area contributed by atoms with E-state index in [1.807, 2.05) is 0 Å². The number of rotatable bonds is 7. The van der Waals surface area contributed by atoms with Gasteiger partial charge in [0.15, 0.2) is 0 Å². The van der Waals surface area contributed by atoms with E-state index >= 15 is 0 Å². The standard InChI is InChI=1S/C18H29NO/c1-4-14(3)12-16(19-5-2)13-15-10-11-20-18-9-7-6-8-17(15)18/h6-9,14-16,19H,4-5,10-13H2,1-3H3. The lowest BCUT2D eigenvalue weighted by atomic mass is 9.84. The summed E-state index contributed by atoms with van der Waals surface area (Å²) in [7, 11) is 0. The Morgan fingerprint density at radius 3 is 2.85 bits per heavy atom. The summed E-state index contributed by atoms with van der Waals surface area (Å²) < 4.78 is 5.78. The first-order valence-electron chi connectivity index (χ1n) is 8.19. The third-order valence-corrected chi connectivity index (χ3v) is 4.53. The Balaban J connectivity index is 2.03. The maximum Gasteiger partial charge on any atom is 0.122 e. The molecule has 20 heavy (non-hydrogen) atoms. The molecule has 1 aliphatic heterocycles. The molecule has 2 nitrogen and oxygen atoms in total. The van der Waals surface area contributed by atoms with E-state index in [1.54, 1.807) is 0 Å². The predicted octanol–water partition coefficient (Wildman–Crippen LogP) is 4.36. The molecule has 0 saturated carbocycles. The van der Waals surface area contributed by atoms with Gasteiger partial charge >= 0.3 is 0 Å². The molecule has 1 aliphatic rings. The molecule has 0 fully saturated rings. The van der Waals surface area contributed by atoms with Gasteiger partial charge in [-0.25, -0.2) is 0 Å². The minimum absolute atomic E-state index is 0.631. The van der Waals surface area contributed by atoms with Crippen LogP contribution >= 0.6 is 0 Å². The number of hydrogen-bond donors (Lipinski definition) is 1. The van der Waals surface area contributed by atoms with Crippen molar-refractivity contribution in [3.8, 4) is 5.75 Å². The molecule has 0 spiro atoms. The summed E-state index contributed by atoms with van der Waals surface area (Å²) in [5.41, 5.74) is 1.41. The van der Waals surface area contributed by atoms with E-state index in [0.717, 1.165) is 31.2 Å². The van der Waals surface area contributed by atoms with Crippen molar-refractivity contribution < 1.29 is 4.74 Å². The van der Waals surface area contributed by atoms with Gasteiger partial charge in [0.2, 0.25) is 0 Å². The third-order valence-electron chi connectivity index (χ3n) is 4.53. The zero-order valence-electron chi connectivity index (χ0n) is 13.2. The molecule has 1 N–H and O–H groups in total. The summed E-state index contributed by atoms with van der Waals surface area (Å²) in [6, 6.07) is 9.19. The number of fused-ring (bicyclic) bond motifs is 1. The lowest BCUT2D eigenvalue weighted by Gasteiger charge is -2.30. The molecule has 2 rings (SSSR count). The average Bonchev–Trinajstić information content (AvgIpc) is 2.47. The summed E-state index contributed by atoms with van der Waals surface area (Å²) in [6.45, 7) is 8.79. The zero-order chi connectivity index (χ0) is 14.4. The van der Waals surface area contributed by atoms with Gasteiger partial charge in [-0.1, -0.05) is 45.4 Å². The molecule has 0 bridgehead atoms. The lowest BCUT2D eigenvalue weighted by molar-refractivity contribution is 0.249. The molecule has 0 aliphatic carbocycles. The summed E-state index contributed by atoms with van der Waals surface area (Å²) in [5, 5.41) is 3.69. The first kappa shape index (κ1) is 15.4. The smallest absolute Gasteiger partial charge is 0.122 e. The Bertz CT molecular complexity index is 404. The van der Waals surface area contributed by atoms with E-state index in [9.17, 15) is 0 Å². The molecule has 0 aromatic heterocycles. The lowest BCUT2D eigenvalue weighted by Crippen LogP contribution is -2.33. The zero-order valence-corrected chi connectivity index (χ0v) is 13.2. The van der Waals surface area contributed by atoms with Gasteiger partial charge in [-0.3, -0.25) is 0 Å². The van der Waals surface area contributed by atoms with E-state index < -0.39 is 0 Å². The van der Waals surface area contributed by atoms with Crippen LogP contribution in [0, 0.1) is 5.92 Å². The van der Waals surface area contributed by atoms with Gasteiger partial charge in [-0.05, 0) is 49.3 Å². The highest BCUT2D eigenvalue weighted by atomic mass is 16.5. The van der Waals surface area contributed by atoms with Crippen LogP contribution in [0.15, 0.2) is 24.3 Å². The molecule has 0 amide bonds. The fraction of sp³-hybridized carbons (Fsp3) is 0.667. The number of ether oxygens (including phenoxy) is 1. The van der Waals surface area contributed by atoms with Gasteiger partial charge in [0, 0.05) is 6.04 Å². The number of benzene rings is 1. The van der Waals surface area contributed by atoms with Crippen molar-refractivity contribution in [3.05, 3.63) is 29.8 Å². The van der Waals surface area contributed by atoms with Crippen LogP contribution in [-0.2, 0) is 0 Å². The molecular formula is C18H29NO. The first-order valence-corrected chi connectivity index (χ1v) is 8.19. The van der Waals surface area contributed by atoms with E-state index in [4.69, 9.17) is 4.74 Å². The van der Waals surface area contributed by atoms with Crippen molar-refractivity contribution >= 4 is 0 Å². The number of hydrogen-bond acceptors (Lipinski definition) is 2. The summed E-state index contributed by atoms with van der Waals surface area (Å²) >= 11 is 0. The Morgan fingerprint density at radius 1 is 1.30 bits per heavy atom. The normalized spacial score (nSPS) is 20.9. The predicted molar refractivity (Wildman–Crippen MR) is 85.4 cm³/mol. The molecule has 1 heterocycles. The summed E-state index contributed by atoms with van der Waals surface area (Å²) in [4.78, 5) is 0. The molecule has 1 aromatic rings. The van der Waals surface area contributed by atoms with Gasteiger partial charge < -0.3 is 10.1 Å². The topological polar surface area (TPSA) is 21.3 Å². The second-order valence-electron chi connectivity index (χ2n) is 6.11. The Labute approximate surface area is 123 Å². The Kier molecular flexibility index (Phi) is 5.90. The fourth-order valence-corrected chi connectivity index (χ4v) is 3.21. The molecule has 3 unspecified atom stereocenters.